The first kappa shape index (κ1) is 24.8. The molecule has 36 heavy (non-hydrogen) atoms. The average Bonchev–Trinajstić information content (AvgIpc) is 3.33. The molecule has 1 unspecified atom stereocenters. The summed E-state index contributed by atoms with van der Waals surface area (Å²) in [6, 6.07) is 22.5. The molecule has 0 fully saturated rings. The number of rotatable bonds is 7. The van der Waals surface area contributed by atoms with Crippen molar-refractivity contribution < 1.29 is 19.1 Å². The normalized spacial score (nSPS) is 12.9. The van der Waals surface area contributed by atoms with Crippen molar-refractivity contribution in [3.8, 4) is 0 Å². The summed E-state index contributed by atoms with van der Waals surface area (Å²) in [6.07, 6.45) is 0.929. The van der Waals surface area contributed by atoms with Gasteiger partial charge < -0.3 is 25.2 Å². The van der Waals surface area contributed by atoms with E-state index in [2.05, 4.69) is 56.7 Å². The number of para-hydroxylation sites is 1. The average molecular weight is 487 g/mol. The van der Waals surface area contributed by atoms with Gasteiger partial charge in [-0.05, 0) is 60.0 Å². The van der Waals surface area contributed by atoms with E-state index in [0.29, 0.717) is 11.3 Å². The van der Waals surface area contributed by atoms with E-state index in [1.54, 1.807) is 12.1 Å². The Labute approximate surface area is 210 Å². The van der Waals surface area contributed by atoms with Crippen LogP contribution in [-0.2, 0) is 20.7 Å². The Morgan fingerprint density at radius 1 is 0.944 bits per heavy atom. The first-order valence-electron chi connectivity index (χ1n) is 11.8. The van der Waals surface area contributed by atoms with Crippen LogP contribution in [0.15, 0.2) is 72.8 Å². The van der Waals surface area contributed by atoms with Gasteiger partial charge in [0.1, 0.15) is 0 Å². The van der Waals surface area contributed by atoms with Crippen LogP contribution in [0.5, 0.6) is 0 Å². The molecule has 1 atom stereocenters. The zero-order valence-corrected chi connectivity index (χ0v) is 20.7. The van der Waals surface area contributed by atoms with Gasteiger partial charge in [0.25, 0.3) is 0 Å². The standard InChI is InChI=1S/C28H30N4O4/c1-31(2)23-14-10-20(11-15-23)25(32-17-16-19-6-4-5-7-24(19)32)18-29-26(33)27(34)30-22-12-8-21(9-13-22)28(35)36-3/h4-15,25H,16-18H2,1-3H3,(H,29,33)(H,30,34). The van der Waals surface area contributed by atoms with Crippen molar-refractivity contribution in [2.24, 2.45) is 0 Å². The number of benzene rings is 3. The molecule has 8 nitrogen and oxygen atoms in total. The van der Waals surface area contributed by atoms with E-state index in [4.69, 9.17) is 0 Å². The van der Waals surface area contributed by atoms with Crippen LogP contribution in [0.2, 0.25) is 0 Å². The molecule has 0 spiro atoms. The fourth-order valence-electron chi connectivity index (χ4n) is 4.36. The fraction of sp³-hybridized carbons (Fsp3) is 0.250. The third-order valence-corrected chi connectivity index (χ3v) is 6.32. The minimum Gasteiger partial charge on any atom is -0.465 e. The van der Waals surface area contributed by atoms with Crippen LogP contribution in [-0.4, -0.2) is 52.1 Å². The second-order valence-corrected chi connectivity index (χ2v) is 8.81. The van der Waals surface area contributed by atoms with Crippen molar-refractivity contribution in [2.75, 3.05) is 49.4 Å². The maximum absolute atomic E-state index is 12.7. The molecule has 1 aliphatic heterocycles. The molecule has 1 aliphatic rings. The van der Waals surface area contributed by atoms with Crippen molar-refractivity contribution in [2.45, 2.75) is 12.5 Å². The predicted octanol–water partition coefficient (Wildman–Crippen LogP) is 3.40. The summed E-state index contributed by atoms with van der Waals surface area (Å²) in [5.41, 5.74) is 5.31. The number of amides is 2. The third kappa shape index (κ3) is 5.49. The Hall–Kier alpha value is -4.33. The minimum absolute atomic E-state index is 0.138. The van der Waals surface area contributed by atoms with E-state index in [-0.39, 0.29) is 12.6 Å². The van der Waals surface area contributed by atoms with E-state index in [9.17, 15) is 14.4 Å². The lowest BCUT2D eigenvalue weighted by atomic mass is 10.0. The summed E-state index contributed by atoms with van der Waals surface area (Å²) in [4.78, 5) is 41.1. The summed E-state index contributed by atoms with van der Waals surface area (Å²) < 4.78 is 4.67. The van der Waals surface area contributed by atoms with E-state index in [1.165, 1.54) is 24.8 Å². The Kier molecular flexibility index (Phi) is 7.53. The Morgan fingerprint density at radius 2 is 1.64 bits per heavy atom. The van der Waals surface area contributed by atoms with Crippen LogP contribution in [0.1, 0.15) is 27.5 Å². The smallest absolute Gasteiger partial charge is 0.337 e. The first-order chi connectivity index (χ1) is 17.4. The lowest BCUT2D eigenvalue weighted by Gasteiger charge is -2.31. The minimum atomic E-state index is -0.774. The number of carbonyl (C=O) groups excluding carboxylic acids is 3. The monoisotopic (exact) mass is 486 g/mol. The molecular formula is C28H30N4O4. The number of anilines is 3. The third-order valence-electron chi connectivity index (χ3n) is 6.32. The first-order valence-corrected chi connectivity index (χ1v) is 11.8. The van der Waals surface area contributed by atoms with Crippen LogP contribution in [0, 0.1) is 0 Å². The van der Waals surface area contributed by atoms with Gasteiger partial charge in [0.2, 0.25) is 0 Å². The van der Waals surface area contributed by atoms with Gasteiger partial charge in [-0.1, -0.05) is 30.3 Å². The van der Waals surface area contributed by atoms with E-state index < -0.39 is 17.8 Å². The number of esters is 1. The maximum Gasteiger partial charge on any atom is 0.337 e. The molecule has 3 aromatic rings. The van der Waals surface area contributed by atoms with Gasteiger partial charge in [-0.15, -0.1) is 0 Å². The van der Waals surface area contributed by atoms with Gasteiger partial charge in [0.15, 0.2) is 0 Å². The number of hydrogen-bond donors (Lipinski definition) is 2. The molecule has 0 aromatic heterocycles. The lowest BCUT2D eigenvalue weighted by molar-refractivity contribution is -0.136. The Bertz CT molecular complexity index is 1240. The predicted molar refractivity (Wildman–Crippen MR) is 140 cm³/mol. The second kappa shape index (κ2) is 10.9. The number of carbonyl (C=O) groups is 3. The zero-order chi connectivity index (χ0) is 25.7. The Balaban J connectivity index is 1.47. The van der Waals surface area contributed by atoms with E-state index >= 15 is 0 Å². The quantitative estimate of drug-likeness (QED) is 0.393. The molecule has 0 saturated carbocycles. The molecule has 2 amide bonds. The molecule has 0 bridgehead atoms. The van der Waals surface area contributed by atoms with Crippen LogP contribution in [0.4, 0.5) is 17.1 Å². The summed E-state index contributed by atoms with van der Waals surface area (Å²) in [7, 11) is 5.28. The molecular weight excluding hydrogens is 456 g/mol. The number of methoxy groups -OCH3 is 1. The molecule has 1 heterocycles. The SMILES string of the molecule is COC(=O)c1ccc(NC(=O)C(=O)NCC(c2ccc(N(C)C)cc2)N2CCc3ccccc32)cc1. The summed E-state index contributed by atoms with van der Waals surface area (Å²) >= 11 is 0. The highest BCUT2D eigenvalue weighted by atomic mass is 16.5. The van der Waals surface area contributed by atoms with Crippen LogP contribution in [0.3, 0.4) is 0 Å². The molecule has 186 valence electrons. The van der Waals surface area contributed by atoms with Crippen molar-refractivity contribution in [3.05, 3.63) is 89.5 Å². The van der Waals surface area contributed by atoms with E-state index in [0.717, 1.165) is 29.9 Å². The zero-order valence-electron chi connectivity index (χ0n) is 20.7. The molecule has 2 N–H and O–H groups in total. The number of nitrogens with one attached hydrogen (secondary N) is 2. The van der Waals surface area contributed by atoms with Crippen molar-refractivity contribution in [1.82, 2.24) is 5.32 Å². The largest absolute Gasteiger partial charge is 0.465 e. The van der Waals surface area contributed by atoms with Crippen LogP contribution < -0.4 is 20.4 Å². The van der Waals surface area contributed by atoms with Crippen LogP contribution in [0.25, 0.3) is 0 Å². The Morgan fingerprint density at radius 3 is 2.31 bits per heavy atom. The van der Waals surface area contributed by atoms with Gasteiger partial charge in [-0.25, -0.2) is 4.79 Å². The maximum atomic E-state index is 12.7. The van der Waals surface area contributed by atoms with Gasteiger partial charge in [-0.2, -0.15) is 0 Å². The van der Waals surface area contributed by atoms with Crippen molar-refractivity contribution in [3.63, 3.8) is 0 Å². The lowest BCUT2D eigenvalue weighted by Crippen LogP contribution is -2.41. The molecule has 0 saturated heterocycles. The summed E-state index contributed by atoms with van der Waals surface area (Å²) in [5.74, 6) is -1.97. The molecule has 0 aliphatic carbocycles. The number of hydrogen-bond acceptors (Lipinski definition) is 6. The number of fused-ring (bicyclic) bond motifs is 1. The summed E-state index contributed by atoms with van der Waals surface area (Å²) in [6.45, 7) is 1.09. The number of ether oxygens (including phenoxy) is 1. The second-order valence-electron chi connectivity index (χ2n) is 8.81. The fourth-order valence-corrected chi connectivity index (χ4v) is 4.36. The van der Waals surface area contributed by atoms with Gasteiger partial charge >= 0.3 is 17.8 Å². The molecule has 3 aromatic carbocycles. The van der Waals surface area contributed by atoms with Gasteiger partial charge in [-0.3, -0.25) is 9.59 Å². The van der Waals surface area contributed by atoms with Gasteiger partial charge in [0, 0.05) is 44.2 Å². The highest BCUT2D eigenvalue weighted by Gasteiger charge is 2.28. The van der Waals surface area contributed by atoms with E-state index in [1.807, 2.05) is 31.1 Å². The molecule has 0 radical (unpaired) electrons. The topological polar surface area (TPSA) is 91.0 Å². The highest BCUT2D eigenvalue weighted by molar-refractivity contribution is 6.39. The highest BCUT2D eigenvalue weighted by Crippen LogP contribution is 2.35. The molecule has 4 rings (SSSR count). The van der Waals surface area contributed by atoms with Crippen molar-refractivity contribution >= 4 is 34.8 Å². The van der Waals surface area contributed by atoms with Gasteiger partial charge in [0.05, 0.1) is 18.7 Å². The van der Waals surface area contributed by atoms with Crippen molar-refractivity contribution in [1.29, 1.82) is 0 Å². The summed E-state index contributed by atoms with van der Waals surface area (Å²) in [5, 5.41) is 5.38. The van der Waals surface area contributed by atoms with Crippen LogP contribution >= 0.6 is 0 Å². The number of nitrogens with zero attached hydrogens (tertiary/aromatic N) is 2. The molecule has 8 heteroatoms.